The highest BCUT2D eigenvalue weighted by molar-refractivity contribution is 5.89. The Morgan fingerprint density at radius 3 is 1.86 bits per heavy atom. The Labute approximate surface area is 294 Å². The van der Waals surface area contributed by atoms with Crippen molar-refractivity contribution in [3.63, 3.8) is 0 Å². The number of amides is 4. The minimum Gasteiger partial charge on any atom is -0.445 e. The summed E-state index contributed by atoms with van der Waals surface area (Å²) >= 11 is 0. The second-order valence-corrected chi connectivity index (χ2v) is 13.1. The van der Waals surface area contributed by atoms with Crippen LogP contribution >= 0.6 is 0 Å². The third-order valence-corrected chi connectivity index (χ3v) is 7.70. The van der Waals surface area contributed by atoms with Gasteiger partial charge in [-0.1, -0.05) is 91.0 Å². The van der Waals surface area contributed by atoms with Crippen molar-refractivity contribution in [3.8, 4) is 0 Å². The van der Waals surface area contributed by atoms with Gasteiger partial charge in [-0.05, 0) is 69.6 Å². The smallest absolute Gasteiger partial charge is 0.407 e. The molecule has 12 nitrogen and oxygen atoms in total. The van der Waals surface area contributed by atoms with Crippen LogP contribution in [0.1, 0.15) is 56.7 Å². The van der Waals surface area contributed by atoms with Crippen LogP contribution in [-0.4, -0.2) is 72.0 Å². The van der Waals surface area contributed by atoms with Crippen LogP contribution in [0.4, 0.5) is 9.59 Å². The van der Waals surface area contributed by atoms with Gasteiger partial charge in [-0.2, -0.15) is 0 Å². The van der Waals surface area contributed by atoms with Crippen LogP contribution < -0.4 is 27.0 Å². The van der Waals surface area contributed by atoms with E-state index in [1.54, 1.807) is 20.8 Å². The molecule has 0 saturated carbocycles. The summed E-state index contributed by atoms with van der Waals surface area (Å²) < 4.78 is 10.6. The lowest BCUT2D eigenvalue weighted by molar-refractivity contribution is -0.128. The zero-order valence-corrected chi connectivity index (χ0v) is 29.1. The van der Waals surface area contributed by atoms with Gasteiger partial charge < -0.3 is 41.6 Å². The van der Waals surface area contributed by atoms with Crippen molar-refractivity contribution in [1.82, 2.24) is 21.3 Å². The van der Waals surface area contributed by atoms with Crippen LogP contribution in [0.15, 0.2) is 91.0 Å². The first-order chi connectivity index (χ1) is 23.9. The number of hydrogen-bond acceptors (Lipinski definition) is 8. The first kappa shape index (κ1) is 39.5. The number of alkyl carbamates (subject to hydrolysis) is 2. The molecule has 7 N–H and O–H groups in total. The van der Waals surface area contributed by atoms with Gasteiger partial charge in [-0.15, -0.1) is 0 Å². The van der Waals surface area contributed by atoms with Crippen molar-refractivity contribution < 1.29 is 33.8 Å². The number of aliphatic hydroxyl groups is 1. The molecule has 3 aromatic carbocycles. The van der Waals surface area contributed by atoms with Crippen molar-refractivity contribution in [1.29, 1.82) is 0 Å². The SMILES string of the molecule is CC(C)(C)OC(=O)N[C@@H](Cc1ccccc1)C(O)CN[C@@H](Cc1ccccc1)C(=O)N[C@@H](CCCCNC(=O)OCc1ccccc1)C(N)=O. The Kier molecular flexibility index (Phi) is 16.2. The number of benzene rings is 3. The number of nitrogens with one attached hydrogen (secondary N) is 4. The van der Waals surface area contributed by atoms with Gasteiger partial charge in [0.2, 0.25) is 11.8 Å². The molecule has 270 valence electrons. The number of nitrogens with two attached hydrogens (primary N) is 1. The summed E-state index contributed by atoms with van der Waals surface area (Å²) in [6.07, 6.45) is -0.428. The zero-order chi connectivity index (χ0) is 36.4. The summed E-state index contributed by atoms with van der Waals surface area (Å²) in [5.41, 5.74) is 7.57. The Bertz CT molecular complexity index is 1470. The topological polar surface area (TPSA) is 181 Å². The van der Waals surface area contributed by atoms with E-state index in [0.717, 1.165) is 16.7 Å². The number of unbranched alkanes of at least 4 members (excludes halogenated alkanes) is 1. The minimum atomic E-state index is -1.10. The van der Waals surface area contributed by atoms with Gasteiger partial charge in [0.25, 0.3) is 0 Å². The maximum absolute atomic E-state index is 13.6. The van der Waals surface area contributed by atoms with E-state index in [0.29, 0.717) is 25.8 Å². The van der Waals surface area contributed by atoms with E-state index in [1.807, 2.05) is 91.0 Å². The van der Waals surface area contributed by atoms with Gasteiger partial charge in [-0.25, -0.2) is 9.59 Å². The second kappa shape index (κ2) is 20.5. The van der Waals surface area contributed by atoms with Gasteiger partial charge in [0, 0.05) is 13.1 Å². The molecule has 4 atom stereocenters. The van der Waals surface area contributed by atoms with E-state index in [9.17, 15) is 24.3 Å². The molecule has 0 bridgehead atoms. The lowest BCUT2D eigenvalue weighted by Gasteiger charge is -2.28. The van der Waals surface area contributed by atoms with Crippen LogP contribution in [0.5, 0.6) is 0 Å². The van der Waals surface area contributed by atoms with E-state index < -0.39 is 53.8 Å². The van der Waals surface area contributed by atoms with Crippen molar-refractivity contribution in [2.45, 2.75) is 89.3 Å². The number of ether oxygens (including phenoxy) is 2. The predicted octanol–water partition coefficient (Wildman–Crippen LogP) is 3.75. The van der Waals surface area contributed by atoms with Crippen molar-refractivity contribution in [2.24, 2.45) is 5.73 Å². The monoisotopic (exact) mass is 689 g/mol. The zero-order valence-electron chi connectivity index (χ0n) is 29.1. The number of carbonyl (C=O) groups is 4. The molecule has 0 aliphatic carbocycles. The molecule has 50 heavy (non-hydrogen) atoms. The normalized spacial score (nSPS) is 13.6. The van der Waals surface area contributed by atoms with Crippen molar-refractivity contribution in [3.05, 3.63) is 108 Å². The molecule has 12 heteroatoms. The molecule has 4 amide bonds. The lowest BCUT2D eigenvalue weighted by atomic mass is 10.00. The lowest BCUT2D eigenvalue weighted by Crippen LogP contribution is -2.56. The summed E-state index contributed by atoms with van der Waals surface area (Å²) in [6.45, 7) is 5.69. The summed E-state index contributed by atoms with van der Waals surface area (Å²) in [4.78, 5) is 50.7. The van der Waals surface area contributed by atoms with Gasteiger partial charge in [0.05, 0.1) is 18.2 Å². The van der Waals surface area contributed by atoms with Crippen molar-refractivity contribution in [2.75, 3.05) is 13.1 Å². The fraction of sp³-hybridized carbons (Fsp3) is 0.421. The first-order valence-corrected chi connectivity index (χ1v) is 16.9. The summed E-state index contributed by atoms with van der Waals surface area (Å²) in [5.74, 6) is -1.15. The van der Waals surface area contributed by atoms with Crippen LogP contribution in [0.2, 0.25) is 0 Å². The fourth-order valence-corrected chi connectivity index (χ4v) is 5.12. The predicted molar refractivity (Wildman–Crippen MR) is 191 cm³/mol. The number of primary amides is 1. The van der Waals surface area contributed by atoms with Crippen LogP contribution in [-0.2, 0) is 38.5 Å². The molecular formula is C38H51N5O7. The highest BCUT2D eigenvalue weighted by atomic mass is 16.6. The molecule has 1 unspecified atom stereocenters. The average Bonchev–Trinajstić information content (AvgIpc) is 3.08. The minimum absolute atomic E-state index is 0.0501. The molecular weight excluding hydrogens is 638 g/mol. The summed E-state index contributed by atoms with van der Waals surface area (Å²) in [5, 5.41) is 22.7. The van der Waals surface area contributed by atoms with Crippen LogP contribution in [0.25, 0.3) is 0 Å². The summed E-state index contributed by atoms with van der Waals surface area (Å²) in [7, 11) is 0. The van der Waals surface area contributed by atoms with Crippen LogP contribution in [0, 0.1) is 0 Å². The average molecular weight is 690 g/mol. The number of rotatable bonds is 19. The van der Waals surface area contributed by atoms with E-state index in [1.165, 1.54) is 0 Å². The van der Waals surface area contributed by atoms with Crippen molar-refractivity contribution >= 4 is 24.0 Å². The fourth-order valence-electron chi connectivity index (χ4n) is 5.12. The molecule has 0 aliphatic rings. The molecule has 3 rings (SSSR count). The molecule has 0 aromatic heterocycles. The molecule has 0 spiro atoms. The maximum Gasteiger partial charge on any atom is 0.407 e. The van der Waals surface area contributed by atoms with Gasteiger partial charge in [0.1, 0.15) is 18.2 Å². The molecule has 3 aromatic rings. The molecule has 0 fully saturated rings. The first-order valence-electron chi connectivity index (χ1n) is 16.9. The van der Waals surface area contributed by atoms with E-state index >= 15 is 0 Å². The van der Waals surface area contributed by atoms with Gasteiger partial charge >= 0.3 is 12.2 Å². The number of aliphatic hydroxyl groups excluding tert-OH is 1. The Balaban J connectivity index is 1.58. The highest BCUT2D eigenvalue weighted by Crippen LogP contribution is 2.12. The largest absolute Gasteiger partial charge is 0.445 e. The molecule has 0 heterocycles. The molecule has 0 aliphatic heterocycles. The number of hydrogen-bond donors (Lipinski definition) is 6. The second-order valence-electron chi connectivity index (χ2n) is 13.1. The molecule has 0 radical (unpaired) electrons. The van der Waals surface area contributed by atoms with Gasteiger partial charge in [-0.3, -0.25) is 9.59 Å². The van der Waals surface area contributed by atoms with Crippen LogP contribution in [0.3, 0.4) is 0 Å². The third-order valence-electron chi connectivity index (χ3n) is 7.70. The Hall–Kier alpha value is -4.94. The highest BCUT2D eigenvalue weighted by Gasteiger charge is 2.28. The van der Waals surface area contributed by atoms with E-state index in [4.69, 9.17) is 15.2 Å². The van der Waals surface area contributed by atoms with Gasteiger partial charge in [0.15, 0.2) is 0 Å². The van der Waals surface area contributed by atoms with E-state index in [-0.39, 0.29) is 26.0 Å². The molecule has 0 saturated heterocycles. The number of carbonyl (C=O) groups excluding carboxylic acids is 4. The Morgan fingerprint density at radius 1 is 0.740 bits per heavy atom. The van der Waals surface area contributed by atoms with E-state index in [2.05, 4.69) is 21.3 Å². The Morgan fingerprint density at radius 2 is 1.30 bits per heavy atom. The third kappa shape index (κ3) is 15.5. The summed E-state index contributed by atoms with van der Waals surface area (Å²) in [6, 6.07) is 25.6. The standard InChI is InChI=1S/C38H51N5O7/c1-38(2,3)50-37(48)43-31(23-27-15-7-4-8-16-27)33(44)25-41-32(24-28-17-9-5-10-18-28)35(46)42-30(34(39)45)21-13-14-22-40-36(47)49-26-29-19-11-6-12-20-29/h4-12,15-20,30-33,41,44H,13-14,21-26H2,1-3H3,(H2,39,45)(H,40,47)(H,42,46)(H,43,48)/t30-,31-,32-,33?/m0/s1. The quantitative estimate of drug-likeness (QED) is 0.103. The maximum atomic E-state index is 13.6.